The highest BCUT2D eigenvalue weighted by Gasteiger charge is 2.40. The number of para-hydroxylation sites is 2. The molecule has 4 heteroatoms. The van der Waals surface area contributed by atoms with Crippen LogP contribution in [0.25, 0.3) is 76.8 Å². The lowest BCUT2D eigenvalue weighted by atomic mass is 9.82. The van der Waals surface area contributed by atoms with Crippen LogP contribution in [0.3, 0.4) is 0 Å². The number of fused-ring (bicyclic) bond motifs is 6. The molecule has 2 aliphatic rings. The molecule has 0 aromatic heterocycles. The van der Waals surface area contributed by atoms with Gasteiger partial charge in [-0.25, -0.2) is 8.78 Å². The molecule has 0 unspecified atom stereocenters. The van der Waals surface area contributed by atoms with E-state index >= 15 is 8.78 Å². The van der Waals surface area contributed by atoms with Gasteiger partial charge in [-0.1, -0.05) is 222 Å². The van der Waals surface area contributed by atoms with Gasteiger partial charge >= 0.3 is 0 Å². The van der Waals surface area contributed by atoms with E-state index in [1.807, 2.05) is 60.7 Å². The van der Waals surface area contributed by atoms with Gasteiger partial charge in [0, 0.05) is 43.9 Å². The fraction of sp³-hybridized carbons (Fsp3) is 0.0857. The van der Waals surface area contributed by atoms with Crippen molar-refractivity contribution in [1.29, 1.82) is 0 Å². The van der Waals surface area contributed by atoms with Crippen LogP contribution >= 0.6 is 0 Å². The molecule has 74 heavy (non-hydrogen) atoms. The average molecular weight is 957 g/mol. The van der Waals surface area contributed by atoms with Crippen LogP contribution in [0.5, 0.6) is 0 Å². The molecule has 0 aliphatic heterocycles. The van der Waals surface area contributed by atoms with Crippen LogP contribution in [0.4, 0.5) is 42.9 Å². The van der Waals surface area contributed by atoms with Crippen molar-refractivity contribution < 1.29 is 8.78 Å². The molecule has 0 N–H and O–H groups in total. The van der Waals surface area contributed by atoms with Crippen LogP contribution in [0.1, 0.15) is 49.9 Å². The highest BCUT2D eigenvalue weighted by Crippen LogP contribution is 2.59. The van der Waals surface area contributed by atoms with E-state index in [2.05, 4.69) is 195 Å². The van der Waals surface area contributed by atoms with Gasteiger partial charge in [-0.2, -0.15) is 0 Å². The van der Waals surface area contributed by atoms with Crippen molar-refractivity contribution in [3.63, 3.8) is 0 Å². The lowest BCUT2D eigenvalue weighted by Gasteiger charge is -2.33. The number of halogens is 2. The summed E-state index contributed by atoms with van der Waals surface area (Å²) in [6.07, 6.45) is 0. The van der Waals surface area contributed by atoms with E-state index < -0.39 is 0 Å². The first-order valence-corrected chi connectivity index (χ1v) is 25.6. The summed E-state index contributed by atoms with van der Waals surface area (Å²) in [7, 11) is 0. The van der Waals surface area contributed by atoms with E-state index in [0.717, 1.165) is 99.6 Å². The van der Waals surface area contributed by atoms with Gasteiger partial charge < -0.3 is 9.80 Å². The predicted octanol–water partition coefficient (Wildman–Crippen LogP) is 19.7. The molecule has 0 radical (unpaired) electrons. The zero-order valence-electron chi connectivity index (χ0n) is 41.6. The summed E-state index contributed by atoms with van der Waals surface area (Å²) in [5, 5.41) is 6.16. The zero-order valence-corrected chi connectivity index (χ0v) is 41.6. The molecule has 0 atom stereocenters. The second kappa shape index (κ2) is 16.3. The van der Waals surface area contributed by atoms with E-state index in [9.17, 15) is 0 Å². The van der Waals surface area contributed by atoms with E-state index in [1.165, 1.54) is 22.3 Å². The van der Waals surface area contributed by atoms with Gasteiger partial charge in [0.2, 0.25) is 0 Å². The van der Waals surface area contributed by atoms with Crippen LogP contribution in [0, 0.1) is 11.6 Å². The number of hydrogen-bond donors (Lipinski definition) is 0. The Balaban J connectivity index is 1.08. The summed E-state index contributed by atoms with van der Waals surface area (Å²) >= 11 is 0. The molecule has 0 saturated heterocycles. The van der Waals surface area contributed by atoms with E-state index in [-0.39, 0.29) is 22.5 Å². The van der Waals surface area contributed by atoms with E-state index in [1.54, 1.807) is 12.1 Å². The lowest BCUT2D eigenvalue weighted by Crippen LogP contribution is -2.17. The summed E-state index contributed by atoms with van der Waals surface area (Å²) in [6, 6.07) is 79.0. The Labute approximate surface area is 430 Å². The smallest absolute Gasteiger partial charge is 0.147 e. The second-order valence-electron chi connectivity index (χ2n) is 21.0. The molecule has 0 heterocycles. The van der Waals surface area contributed by atoms with Crippen molar-refractivity contribution in [1.82, 2.24) is 0 Å². The quantitative estimate of drug-likeness (QED) is 0.140. The molecular weight excluding hydrogens is 907 g/mol. The topological polar surface area (TPSA) is 6.48 Å². The Morgan fingerprint density at radius 3 is 1.08 bits per heavy atom. The standard InChI is InChI=1S/C70H50F2N2/c1-69(2)53-27-13-11-23-49(53)65-55(69)29-17-33-61(65)73(67-47(25-15-31-57(67)71)43-19-7-5-8-20-43)59-41-37-45-36-40-52-60(42-38-46-35-39-51(59)63(45)64(46)52)74(68-48(26-16-32-58(68)72)44-21-9-6-10-22-44)62-34-18-30-56-66(62)50-24-12-14-28-54(50)70(56,3)4/h5-42H,1-4H3. The molecular formula is C70H50F2N2. The Kier molecular flexibility index (Phi) is 9.68. The summed E-state index contributed by atoms with van der Waals surface area (Å²) in [5.74, 6) is -0.644. The molecule has 0 amide bonds. The fourth-order valence-electron chi connectivity index (χ4n) is 12.9. The van der Waals surface area contributed by atoms with Crippen LogP contribution in [-0.4, -0.2) is 0 Å². The molecule has 12 aromatic rings. The van der Waals surface area contributed by atoms with Crippen molar-refractivity contribution in [2.75, 3.05) is 9.80 Å². The Hall–Kier alpha value is -8.86. The van der Waals surface area contributed by atoms with Crippen molar-refractivity contribution in [2.24, 2.45) is 0 Å². The molecule has 0 fully saturated rings. The van der Waals surface area contributed by atoms with Gasteiger partial charge in [-0.3, -0.25) is 0 Å². The van der Waals surface area contributed by atoms with Crippen LogP contribution in [-0.2, 0) is 10.8 Å². The Morgan fingerprint density at radius 2 is 0.649 bits per heavy atom. The van der Waals surface area contributed by atoms with E-state index in [0.29, 0.717) is 11.4 Å². The highest BCUT2D eigenvalue weighted by molar-refractivity contribution is 6.28. The SMILES string of the molecule is CC1(C)c2ccccc2-c2c(N(c3c(F)cccc3-c3ccccc3)c3ccc4ccc5c(N(c6cccc7c6-c6ccccc6C7(C)C)c6c(F)cccc6-c6ccccc6)ccc6ccc3c4c65)cccc21. The highest BCUT2D eigenvalue weighted by atomic mass is 19.1. The van der Waals surface area contributed by atoms with Crippen LogP contribution in [0.2, 0.25) is 0 Å². The maximum Gasteiger partial charge on any atom is 0.147 e. The molecule has 0 spiro atoms. The Bertz CT molecular complexity index is 3960. The van der Waals surface area contributed by atoms with Crippen molar-refractivity contribution in [3.8, 4) is 44.5 Å². The third kappa shape index (κ3) is 6.27. The van der Waals surface area contributed by atoms with Gasteiger partial charge in [-0.15, -0.1) is 0 Å². The first-order chi connectivity index (χ1) is 36.1. The van der Waals surface area contributed by atoms with Gasteiger partial charge in [0.15, 0.2) is 0 Å². The molecule has 2 nitrogen and oxygen atoms in total. The monoisotopic (exact) mass is 956 g/mol. The lowest BCUT2D eigenvalue weighted by molar-refractivity contribution is 0.629. The number of anilines is 6. The number of benzene rings is 12. The summed E-state index contributed by atoms with van der Waals surface area (Å²) in [4.78, 5) is 4.37. The first kappa shape index (κ1) is 43.9. The van der Waals surface area contributed by atoms with Gasteiger partial charge in [0.05, 0.1) is 34.1 Å². The molecule has 14 rings (SSSR count). The first-order valence-electron chi connectivity index (χ1n) is 25.6. The maximum atomic E-state index is 17.6. The zero-order chi connectivity index (χ0) is 50.0. The third-order valence-corrected chi connectivity index (χ3v) is 16.3. The predicted molar refractivity (Wildman–Crippen MR) is 305 cm³/mol. The number of nitrogens with zero attached hydrogens (tertiary/aromatic N) is 2. The van der Waals surface area contributed by atoms with Gasteiger partial charge in [-0.05, 0) is 102 Å². The number of hydrogen-bond acceptors (Lipinski definition) is 2. The minimum Gasteiger partial charge on any atom is -0.306 e. The van der Waals surface area contributed by atoms with Crippen molar-refractivity contribution >= 4 is 66.4 Å². The normalized spacial score (nSPS) is 13.8. The van der Waals surface area contributed by atoms with Crippen molar-refractivity contribution in [3.05, 3.63) is 264 Å². The fourth-order valence-corrected chi connectivity index (χ4v) is 12.9. The largest absolute Gasteiger partial charge is 0.306 e. The maximum absolute atomic E-state index is 17.6. The summed E-state index contributed by atoms with van der Waals surface area (Å²) < 4.78 is 35.1. The minimum absolute atomic E-state index is 0.286. The van der Waals surface area contributed by atoms with Gasteiger partial charge in [0.1, 0.15) is 11.6 Å². The molecule has 12 aromatic carbocycles. The average Bonchev–Trinajstić information content (AvgIpc) is 3.91. The van der Waals surface area contributed by atoms with Gasteiger partial charge in [0.25, 0.3) is 0 Å². The van der Waals surface area contributed by atoms with Crippen molar-refractivity contribution in [2.45, 2.75) is 38.5 Å². The number of rotatable bonds is 8. The van der Waals surface area contributed by atoms with Crippen LogP contribution < -0.4 is 9.80 Å². The molecule has 2 aliphatic carbocycles. The third-order valence-electron chi connectivity index (χ3n) is 16.3. The second-order valence-corrected chi connectivity index (χ2v) is 21.0. The summed E-state index contributed by atoms with van der Waals surface area (Å²) in [6.45, 7) is 9.15. The van der Waals surface area contributed by atoms with Crippen LogP contribution in [0.15, 0.2) is 231 Å². The molecule has 0 bridgehead atoms. The minimum atomic E-state index is -0.322. The molecule has 0 saturated carbocycles. The van der Waals surface area contributed by atoms with E-state index in [4.69, 9.17) is 0 Å². The summed E-state index contributed by atoms with van der Waals surface area (Å²) in [5.41, 5.74) is 16.7. The molecule has 354 valence electrons. The Morgan fingerprint density at radius 1 is 0.297 bits per heavy atom.